The summed E-state index contributed by atoms with van der Waals surface area (Å²) in [5, 5.41) is 6.50. The number of halogens is 1. The summed E-state index contributed by atoms with van der Waals surface area (Å²) >= 11 is 0. The first-order valence-corrected chi connectivity index (χ1v) is 10.6. The number of nitrogens with one attached hydrogen (secondary N) is 3. The number of guanidine groups is 1. The quantitative estimate of drug-likeness (QED) is 0.173. The first-order chi connectivity index (χ1) is 12.5. The van der Waals surface area contributed by atoms with Crippen molar-refractivity contribution in [2.45, 2.75) is 44.6 Å². The second-order valence-corrected chi connectivity index (χ2v) is 7.63. The first-order valence-electron chi connectivity index (χ1n) is 9.13. The van der Waals surface area contributed by atoms with Gasteiger partial charge in [-0.1, -0.05) is 31.9 Å². The number of nitrogens with zero attached hydrogens (tertiary/aromatic N) is 1. The Morgan fingerprint density at radius 1 is 1.15 bits per heavy atom. The van der Waals surface area contributed by atoms with Gasteiger partial charge in [0.25, 0.3) is 0 Å². The lowest BCUT2D eigenvalue weighted by atomic mass is 10.2. The van der Waals surface area contributed by atoms with E-state index < -0.39 is 10.0 Å². The van der Waals surface area contributed by atoms with Crippen LogP contribution in [0.25, 0.3) is 0 Å². The molecule has 0 unspecified atom stereocenters. The van der Waals surface area contributed by atoms with E-state index in [1.165, 1.54) is 20.0 Å². The molecule has 0 atom stereocenters. The number of aliphatic imine (C=N–C) groups is 1. The molecular formula is C18H33IN4O3S. The second-order valence-electron chi connectivity index (χ2n) is 5.87. The molecule has 0 saturated carbocycles. The van der Waals surface area contributed by atoms with Crippen molar-refractivity contribution in [2.75, 3.05) is 33.4 Å². The van der Waals surface area contributed by atoms with Crippen LogP contribution in [0.3, 0.4) is 0 Å². The van der Waals surface area contributed by atoms with Crippen LogP contribution in [0.15, 0.2) is 34.2 Å². The summed E-state index contributed by atoms with van der Waals surface area (Å²) in [5.74, 6) is 0.745. The molecule has 7 nitrogen and oxygen atoms in total. The number of sulfonamides is 1. The highest BCUT2D eigenvalue weighted by molar-refractivity contribution is 14.0. The highest BCUT2D eigenvalue weighted by atomic mass is 127. The van der Waals surface area contributed by atoms with Crippen LogP contribution in [0.4, 0.5) is 0 Å². The van der Waals surface area contributed by atoms with Crippen molar-refractivity contribution in [3.8, 4) is 0 Å². The van der Waals surface area contributed by atoms with Gasteiger partial charge in [0.2, 0.25) is 10.0 Å². The predicted molar refractivity (Wildman–Crippen MR) is 121 cm³/mol. The third-order valence-electron chi connectivity index (χ3n) is 3.64. The van der Waals surface area contributed by atoms with Gasteiger partial charge in [0.05, 0.1) is 18.0 Å². The number of benzene rings is 1. The predicted octanol–water partition coefficient (Wildman–Crippen LogP) is 2.47. The second kappa shape index (κ2) is 15.1. The van der Waals surface area contributed by atoms with Crippen LogP contribution in [0.1, 0.15) is 38.7 Å². The van der Waals surface area contributed by atoms with Gasteiger partial charge in [0.15, 0.2) is 5.96 Å². The summed E-state index contributed by atoms with van der Waals surface area (Å²) in [4.78, 5) is 4.78. The molecule has 1 aromatic rings. The number of methoxy groups -OCH3 is 1. The van der Waals surface area contributed by atoms with Gasteiger partial charge < -0.3 is 15.4 Å². The molecule has 0 heterocycles. The third-order valence-corrected chi connectivity index (χ3v) is 5.10. The van der Waals surface area contributed by atoms with E-state index >= 15 is 0 Å². The normalized spacial score (nSPS) is 11.7. The van der Waals surface area contributed by atoms with Crippen molar-refractivity contribution in [1.82, 2.24) is 15.4 Å². The summed E-state index contributed by atoms with van der Waals surface area (Å²) < 4.78 is 31.9. The highest BCUT2D eigenvalue weighted by Gasteiger charge is 2.13. The number of hydrogen-bond donors (Lipinski definition) is 3. The summed E-state index contributed by atoms with van der Waals surface area (Å²) in [6.45, 7) is 6.82. The van der Waals surface area contributed by atoms with E-state index in [0.29, 0.717) is 13.2 Å². The smallest absolute Gasteiger partial charge is 0.240 e. The van der Waals surface area contributed by atoms with Crippen LogP contribution in [0, 0.1) is 0 Å². The number of hydrogen-bond acceptors (Lipinski definition) is 4. The third kappa shape index (κ3) is 10.9. The molecule has 0 amide bonds. The fraction of sp³-hybridized carbons (Fsp3) is 0.611. The number of ether oxygens (including phenoxy) is 1. The van der Waals surface area contributed by atoms with Gasteiger partial charge in [0.1, 0.15) is 0 Å². The van der Waals surface area contributed by atoms with Crippen molar-refractivity contribution in [3.05, 3.63) is 29.8 Å². The van der Waals surface area contributed by atoms with E-state index in [-0.39, 0.29) is 35.4 Å². The molecule has 27 heavy (non-hydrogen) atoms. The molecule has 1 aromatic carbocycles. The Kier molecular flexibility index (Phi) is 14.6. The molecule has 0 fully saturated rings. The van der Waals surface area contributed by atoms with Gasteiger partial charge >= 0.3 is 0 Å². The Morgan fingerprint density at radius 3 is 2.59 bits per heavy atom. The van der Waals surface area contributed by atoms with E-state index in [0.717, 1.165) is 31.0 Å². The zero-order valence-corrected chi connectivity index (χ0v) is 19.6. The Balaban J connectivity index is 0.00000676. The molecule has 0 aliphatic rings. The van der Waals surface area contributed by atoms with Crippen LogP contribution in [0.5, 0.6) is 0 Å². The van der Waals surface area contributed by atoms with Crippen molar-refractivity contribution in [3.63, 3.8) is 0 Å². The fourth-order valence-electron chi connectivity index (χ4n) is 2.27. The maximum absolute atomic E-state index is 12.3. The van der Waals surface area contributed by atoms with E-state index in [1.54, 1.807) is 18.2 Å². The van der Waals surface area contributed by atoms with Crippen molar-refractivity contribution in [2.24, 2.45) is 4.99 Å². The summed E-state index contributed by atoms with van der Waals surface area (Å²) in [6.07, 6.45) is 3.46. The largest absolute Gasteiger partial charge is 0.383 e. The molecule has 3 N–H and O–H groups in total. The minimum Gasteiger partial charge on any atom is -0.383 e. The zero-order chi connectivity index (χ0) is 19.3. The van der Waals surface area contributed by atoms with E-state index in [4.69, 9.17) is 4.74 Å². The molecule has 0 spiro atoms. The molecular weight excluding hydrogens is 479 g/mol. The minimum absolute atomic E-state index is 0. The summed E-state index contributed by atoms with van der Waals surface area (Å²) in [6, 6.07) is 6.84. The zero-order valence-electron chi connectivity index (χ0n) is 16.5. The molecule has 0 bridgehead atoms. The fourth-order valence-corrected chi connectivity index (χ4v) is 3.35. The Bertz CT molecular complexity index is 654. The van der Waals surface area contributed by atoms with Gasteiger partial charge in [-0.3, -0.25) is 0 Å². The van der Waals surface area contributed by atoms with Gasteiger partial charge in [-0.2, -0.15) is 0 Å². The van der Waals surface area contributed by atoms with Crippen LogP contribution in [-0.2, 0) is 21.3 Å². The van der Waals surface area contributed by atoms with E-state index in [1.807, 2.05) is 13.0 Å². The Labute approximate surface area is 180 Å². The van der Waals surface area contributed by atoms with Crippen LogP contribution < -0.4 is 15.4 Å². The van der Waals surface area contributed by atoms with Crippen molar-refractivity contribution < 1.29 is 13.2 Å². The number of unbranched alkanes of at least 4 members (excludes halogenated alkanes) is 2. The molecule has 0 aliphatic carbocycles. The van der Waals surface area contributed by atoms with E-state index in [2.05, 4.69) is 27.3 Å². The van der Waals surface area contributed by atoms with Crippen molar-refractivity contribution in [1.29, 1.82) is 0 Å². The SMILES string of the molecule is CCCCCNC(=NCc1cccc(S(=O)(=O)NCCOC)c1)NCC.I. The average molecular weight is 512 g/mol. The van der Waals surface area contributed by atoms with Crippen LogP contribution >= 0.6 is 24.0 Å². The topological polar surface area (TPSA) is 91.8 Å². The van der Waals surface area contributed by atoms with Gasteiger partial charge in [-0.25, -0.2) is 18.1 Å². The van der Waals surface area contributed by atoms with Gasteiger partial charge in [-0.15, -0.1) is 24.0 Å². The highest BCUT2D eigenvalue weighted by Crippen LogP contribution is 2.12. The molecule has 0 aliphatic heterocycles. The standard InChI is InChI=1S/C18H32N4O3S.HI/c1-4-6-7-11-20-18(19-5-2)21-15-16-9-8-10-17(14-16)26(23,24)22-12-13-25-3;/h8-10,14,22H,4-7,11-13,15H2,1-3H3,(H2,19,20,21);1H. The lowest BCUT2D eigenvalue weighted by Gasteiger charge is -2.11. The Morgan fingerprint density at radius 2 is 1.93 bits per heavy atom. The lowest BCUT2D eigenvalue weighted by molar-refractivity contribution is 0.204. The van der Waals surface area contributed by atoms with E-state index in [9.17, 15) is 8.42 Å². The van der Waals surface area contributed by atoms with Crippen LogP contribution in [-0.4, -0.2) is 47.7 Å². The molecule has 1 rings (SSSR count). The molecule has 9 heteroatoms. The average Bonchev–Trinajstić information content (AvgIpc) is 2.63. The van der Waals surface area contributed by atoms with Gasteiger partial charge in [-0.05, 0) is 31.0 Å². The maximum atomic E-state index is 12.3. The number of rotatable bonds is 12. The lowest BCUT2D eigenvalue weighted by Crippen LogP contribution is -2.37. The van der Waals surface area contributed by atoms with Gasteiger partial charge in [0, 0.05) is 26.7 Å². The molecule has 0 aromatic heterocycles. The molecule has 156 valence electrons. The molecule has 0 radical (unpaired) electrons. The summed E-state index contributed by atoms with van der Waals surface area (Å²) in [7, 11) is -2.00. The first kappa shape index (κ1) is 26.1. The monoisotopic (exact) mass is 512 g/mol. The molecule has 0 saturated heterocycles. The Hall–Kier alpha value is -0.910. The van der Waals surface area contributed by atoms with Crippen LogP contribution in [0.2, 0.25) is 0 Å². The minimum atomic E-state index is -3.53. The summed E-state index contributed by atoms with van der Waals surface area (Å²) in [5.41, 5.74) is 0.838. The maximum Gasteiger partial charge on any atom is 0.240 e. The van der Waals surface area contributed by atoms with Crippen molar-refractivity contribution >= 4 is 40.0 Å².